The van der Waals surface area contributed by atoms with E-state index in [1.165, 1.54) is 0 Å². The third kappa shape index (κ3) is 3.26. The smallest absolute Gasteiger partial charge is 0.138 e. The van der Waals surface area contributed by atoms with Crippen LogP contribution in [0.1, 0.15) is 25.5 Å². The molecule has 0 saturated heterocycles. The van der Waals surface area contributed by atoms with Crippen LogP contribution >= 0.6 is 11.6 Å². The van der Waals surface area contributed by atoms with Crippen molar-refractivity contribution >= 4 is 11.6 Å². The van der Waals surface area contributed by atoms with Crippen molar-refractivity contribution in [3.8, 4) is 5.75 Å². The minimum absolute atomic E-state index is 0.0200. The molecular formula is C12H16ClNO. The van der Waals surface area contributed by atoms with Crippen molar-refractivity contribution in [1.29, 1.82) is 0 Å². The van der Waals surface area contributed by atoms with Gasteiger partial charge >= 0.3 is 0 Å². The van der Waals surface area contributed by atoms with Gasteiger partial charge in [0.25, 0.3) is 0 Å². The van der Waals surface area contributed by atoms with Gasteiger partial charge in [-0.3, -0.25) is 0 Å². The van der Waals surface area contributed by atoms with Crippen molar-refractivity contribution in [1.82, 2.24) is 0 Å². The van der Waals surface area contributed by atoms with Crippen molar-refractivity contribution < 1.29 is 4.74 Å². The van der Waals surface area contributed by atoms with Crippen molar-refractivity contribution in [3.63, 3.8) is 0 Å². The van der Waals surface area contributed by atoms with E-state index in [2.05, 4.69) is 6.58 Å². The van der Waals surface area contributed by atoms with Gasteiger partial charge in [0.2, 0.25) is 0 Å². The van der Waals surface area contributed by atoms with Gasteiger partial charge in [0.15, 0.2) is 0 Å². The fraction of sp³-hybridized carbons (Fsp3) is 0.333. The highest BCUT2D eigenvalue weighted by atomic mass is 35.5. The summed E-state index contributed by atoms with van der Waals surface area (Å²) < 4.78 is 5.54. The zero-order valence-electron chi connectivity index (χ0n) is 9.03. The fourth-order valence-electron chi connectivity index (χ4n) is 1.14. The molecule has 82 valence electrons. The van der Waals surface area contributed by atoms with E-state index in [-0.39, 0.29) is 12.1 Å². The van der Waals surface area contributed by atoms with Crippen molar-refractivity contribution in [3.05, 3.63) is 41.4 Å². The molecule has 0 bridgehead atoms. The molecule has 2 atom stereocenters. The Kier molecular flexibility index (Phi) is 4.18. The average molecular weight is 226 g/mol. The second-order valence-electron chi connectivity index (χ2n) is 3.54. The second kappa shape index (κ2) is 5.19. The third-order valence-electron chi connectivity index (χ3n) is 2.13. The predicted octanol–water partition coefficient (Wildman–Crippen LogP) is 3.31. The summed E-state index contributed by atoms with van der Waals surface area (Å²) in [5.41, 5.74) is 6.74. The molecule has 1 unspecified atom stereocenters. The van der Waals surface area contributed by atoms with Gasteiger partial charge in [0.1, 0.15) is 11.9 Å². The summed E-state index contributed by atoms with van der Waals surface area (Å²) in [5, 5.41) is 0.582. The number of hydrogen-bond acceptors (Lipinski definition) is 2. The van der Waals surface area contributed by atoms with Crippen LogP contribution in [-0.2, 0) is 0 Å². The lowest BCUT2D eigenvalue weighted by Crippen LogP contribution is -2.09. The number of halogens is 1. The Balaban J connectivity index is 2.88. The number of nitrogens with two attached hydrogens (primary N) is 1. The highest BCUT2D eigenvalue weighted by Gasteiger charge is 2.07. The van der Waals surface area contributed by atoms with Gasteiger partial charge in [-0.15, -0.1) is 0 Å². The van der Waals surface area contributed by atoms with Gasteiger partial charge in [-0.1, -0.05) is 30.3 Å². The van der Waals surface area contributed by atoms with Crippen molar-refractivity contribution in [2.75, 3.05) is 0 Å². The molecule has 2 N–H and O–H groups in total. The van der Waals surface area contributed by atoms with E-state index in [0.29, 0.717) is 10.8 Å². The van der Waals surface area contributed by atoms with Crippen molar-refractivity contribution in [2.24, 2.45) is 5.73 Å². The van der Waals surface area contributed by atoms with Gasteiger partial charge < -0.3 is 10.5 Å². The van der Waals surface area contributed by atoms with Gasteiger partial charge in [-0.25, -0.2) is 0 Å². The quantitative estimate of drug-likeness (QED) is 0.798. The van der Waals surface area contributed by atoms with Crippen LogP contribution in [0.2, 0.25) is 5.02 Å². The predicted molar refractivity (Wildman–Crippen MR) is 64.3 cm³/mol. The standard InChI is InChI=1S/C12H16ClNO/c1-4-8(2)15-12-6-5-10(9(3)14)7-11(12)13/h4-9H,1,14H2,2-3H3/t8?,9-/m0/s1. The van der Waals surface area contributed by atoms with Crippen LogP contribution in [0.4, 0.5) is 0 Å². The van der Waals surface area contributed by atoms with Gasteiger partial charge in [-0.05, 0) is 31.5 Å². The molecule has 0 aromatic heterocycles. The Morgan fingerprint density at radius 1 is 1.47 bits per heavy atom. The third-order valence-corrected chi connectivity index (χ3v) is 2.42. The fourth-order valence-corrected chi connectivity index (χ4v) is 1.38. The highest BCUT2D eigenvalue weighted by molar-refractivity contribution is 6.32. The zero-order chi connectivity index (χ0) is 11.4. The maximum atomic E-state index is 6.06. The molecule has 2 nitrogen and oxygen atoms in total. The molecule has 0 amide bonds. The lowest BCUT2D eigenvalue weighted by molar-refractivity contribution is 0.270. The summed E-state index contributed by atoms with van der Waals surface area (Å²) in [6.07, 6.45) is 1.67. The first-order valence-electron chi connectivity index (χ1n) is 4.89. The molecule has 0 fully saturated rings. The summed E-state index contributed by atoms with van der Waals surface area (Å²) in [6, 6.07) is 5.56. The average Bonchev–Trinajstić information content (AvgIpc) is 2.20. The number of rotatable bonds is 4. The molecule has 1 aromatic rings. The van der Waals surface area contributed by atoms with Crippen LogP contribution in [0.15, 0.2) is 30.9 Å². The largest absolute Gasteiger partial charge is 0.485 e. The van der Waals surface area contributed by atoms with E-state index in [4.69, 9.17) is 22.1 Å². The van der Waals surface area contributed by atoms with Crippen LogP contribution in [0, 0.1) is 0 Å². The van der Waals surface area contributed by atoms with Crippen LogP contribution in [-0.4, -0.2) is 6.10 Å². The SMILES string of the molecule is C=CC(C)Oc1ccc([C@H](C)N)cc1Cl. The Morgan fingerprint density at radius 2 is 2.13 bits per heavy atom. The highest BCUT2D eigenvalue weighted by Crippen LogP contribution is 2.28. The lowest BCUT2D eigenvalue weighted by atomic mass is 10.1. The van der Waals surface area contributed by atoms with E-state index in [1.54, 1.807) is 6.08 Å². The molecule has 0 aliphatic heterocycles. The Hall–Kier alpha value is -0.990. The number of ether oxygens (including phenoxy) is 1. The molecule has 3 heteroatoms. The van der Waals surface area contributed by atoms with E-state index in [0.717, 1.165) is 5.56 Å². The molecule has 0 spiro atoms. The summed E-state index contributed by atoms with van der Waals surface area (Å²) >= 11 is 6.06. The van der Waals surface area contributed by atoms with E-state index in [9.17, 15) is 0 Å². The van der Waals surface area contributed by atoms with E-state index < -0.39 is 0 Å². The number of benzene rings is 1. The molecule has 15 heavy (non-hydrogen) atoms. The summed E-state index contributed by atoms with van der Waals surface area (Å²) in [7, 11) is 0. The lowest BCUT2D eigenvalue weighted by Gasteiger charge is -2.13. The first-order chi connectivity index (χ1) is 7.04. The maximum absolute atomic E-state index is 6.06. The second-order valence-corrected chi connectivity index (χ2v) is 3.94. The van der Waals surface area contributed by atoms with Crippen molar-refractivity contribution in [2.45, 2.75) is 26.0 Å². The number of hydrogen-bond donors (Lipinski definition) is 1. The topological polar surface area (TPSA) is 35.2 Å². The van der Waals surface area contributed by atoms with Gasteiger partial charge in [0.05, 0.1) is 5.02 Å². The first kappa shape index (κ1) is 12.1. The van der Waals surface area contributed by atoms with Gasteiger partial charge in [0, 0.05) is 6.04 Å². The minimum Gasteiger partial charge on any atom is -0.485 e. The first-order valence-corrected chi connectivity index (χ1v) is 5.26. The maximum Gasteiger partial charge on any atom is 0.138 e. The molecule has 0 radical (unpaired) electrons. The Bertz CT molecular complexity index is 349. The molecule has 0 saturated carbocycles. The normalized spacial score (nSPS) is 14.4. The van der Waals surface area contributed by atoms with E-state index >= 15 is 0 Å². The summed E-state index contributed by atoms with van der Waals surface area (Å²) in [4.78, 5) is 0. The van der Waals surface area contributed by atoms with Crippen LogP contribution in [0.3, 0.4) is 0 Å². The molecule has 1 rings (SSSR count). The Labute approximate surface area is 95.7 Å². The molecule has 0 heterocycles. The molecule has 0 aliphatic rings. The molecule has 1 aromatic carbocycles. The van der Waals surface area contributed by atoms with Gasteiger partial charge in [-0.2, -0.15) is 0 Å². The summed E-state index contributed by atoms with van der Waals surface area (Å²) in [6.45, 7) is 7.46. The minimum atomic E-state index is -0.0522. The van der Waals surface area contributed by atoms with Crippen LogP contribution in [0.5, 0.6) is 5.75 Å². The van der Waals surface area contributed by atoms with E-state index in [1.807, 2.05) is 32.0 Å². The Morgan fingerprint density at radius 3 is 2.60 bits per heavy atom. The molecular weight excluding hydrogens is 210 g/mol. The van der Waals surface area contributed by atoms with Crippen LogP contribution < -0.4 is 10.5 Å². The molecule has 0 aliphatic carbocycles. The monoisotopic (exact) mass is 225 g/mol. The van der Waals surface area contributed by atoms with Crippen LogP contribution in [0.25, 0.3) is 0 Å². The summed E-state index contributed by atoms with van der Waals surface area (Å²) in [5.74, 6) is 0.661. The zero-order valence-corrected chi connectivity index (χ0v) is 9.79.